The van der Waals surface area contributed by atoms with Crippen LogP contribution in [0.3, 0.4) is 0 Å². The van der Waals surface area contributed by atoms with Crippen molar-refractivity contribution in [2.24, 2.45) is 0 Å². The molecular formula is C12H12FN5O. The Morgan fingerprint density at radius 2 is 2.26 bits per heavy atom. The molecule has 1 aliphatic rings. The first-order chi connectivity index (χ1) is 9.21. The van der Waals surface area contributed by atoms with Crippen molar-refractivity contribution in [2.75, 3.05) is 5.32 Å². The minimum atomic E-state index is -0.678. The number of carbonyl (C=O) groups excluding carboxylic acids is 1. The summed E-state index contributed by atoms with van der Waals surface area (Å²) in [4.78, 5) is 12.4. The Balaban J connectivity index is 1.88. The molecule has 1 fully saturated rings. The normalized spacial score (nSPS) is 16.7. The van der Waals surface area contributed by atoms with Gasteiger partial charge in [-0.15, -0.1) is 5.10 Å². The number of anilines is 1. The van der Waals surface area contributed by atoms with Crippen LogP contribution in [-0.4, -0.2) is 26.5 Å². The van der Waals surface area contributed by atoms with Crippen LogP contribution in [0.4, 0.5) is 10.3 Å². The van der Waals surface area contributed by atoms with Crippen LogP contribution < -0.4 is 5.32 Å². The van der Waals surface area contributed by atoms with Gasteiger partial charge in [-0.3, -0.25) is 10.1 Å². The molecule has 0 spiro atoms. The number of hydrogen-bond acceptors (Lipinski definition) is 4. The maximum absolute atomic E-state index is 13.3. The molecular weight excluding hydrogens is 249 g/mol. The molecule has 2 aromatic rings. The smallest absolute Gasteiger partial charge is 0.269 e. The molecule has 3 rings (SSSR count). The lowest BCUT2D eigenvalue weighted by Gasteiger charge is -2.40. The summed E-state index contributed by atoms with van der Waals surface area (Å²) >= 11 is 0. The third-order valence-electron chi connectivity index (χ3n) is 3.59. The van der Waals surface area contributed by atoms with E-state index in [4.69, 9.17) is 0 Å². The third-order valence-corrected chi connectivity index (χ3v) is 3.59. The van der Waals surface area contributed by atoms with Crippen molar-refractivity contribution in [1.29, 1.82) is 0 Å². The van der Waals surface area contributed by atoms with E-state index in [9.17, 15) is 9.18 Å². The number of aromatic amines is 1. The molecule has 1 heterocycles. The van der Waals surface area contributed by atoms with Gasteiger partial charge in [0.15, 0.2) is 0 Å². The molecule has 0 unspecified atom stereocenters. The van der Waals surface area contributed by atoms with Gasteiger partial charge in [0.25, 0.3) is 5.95 Å². The number of hydrogen-bond donors (Lipinski definition) is 2. The largest absolute Gasteiger partial charge is 0.291 e. The molecule has 7 heteroatoms. The van der Waals surface area contributed by atoms with Crippen molar-refractivity contribution >= 4 is 11.9 Å². The average Bonchev–Trinajstić information content (AvgIpc) is 2.80. The molecule has 6 nitrogen and oxygen atoms in total. The van der Waals surface area contributed by atoms with E-state index in [0.29, 0.717) is 18.4 Å². The van der Waals surface area contributed by atoms with Crippen LogP contribution in [-0.2, 0) is 10.2 Å². The number of amides is 1. The van der Waals surface area contributed by atoms with E-state index in [1.54, 1.807) is 12.1 Å². The Kier molecular flexibility index (Phi) is 2.73. The van der Waals surface area contributed by atoms with Crippen LogP contribution >= 0.6 is 0 Å². The average molecular weight is 261 g/mol. The highest BCUT2D eigenvalue weighted by Crippen LogP contribution is 2.44. The predicted octanol–water partition coefficient (Wildman–Crippen LogP) is 1.40. The predicted molar refractivity (Wildman–Crippen MR) is 64.7 cm³/mol. The second-order valence-corrected chi connectivity index (χ2v) is 4.64. The lowest BCUT2D eigenvalue weighted by molar-refractivity contribution is -0.124. The Morgan fingerprint density at radius 1 is 1.42 bits per heavy atom. The second kappa shape index (κ2) is 4.42. The monoisotopic (exact) mass is 261 g/mol. The zero-order chi connectivity index (χ0) is 13.3. The van der Waals surface area contributed by atoms with Crippen LogP contribution in [0.25, 0.3) is 0 Å². The molecule has 0 radical (unpaired) electrons. The summed E-state index contributed by atoms with van der Waals surface area (Å²) in [6, 6.07) is 6.17. The van der Waals surface area contributed by atoms with E-state index in [1.165, 1.54) is 12.1 Å². The molecule has 1 saturated carbocycles. The summed E-state index contributed by atoms with van der Waals surface area (Å²) in [6.07, 6.45) is 2.33. The summed E-state index contributed by atoms with van der Waals surface area (Å²) in [7, 11) is 0. The number of nitrogens with zero attached hydrogens (tertiary/aromatic N) is 3. The number of tetrazole rings is 1. The fraction of sp³-hybridized carbons (Fsp3) is 0.333. The minimum Gasteiger partial charge on any atom is -0.291 e. The van der Waals surface area contributed by atoms with Gasteiger partial charge < -0.3 is 0 Å². The van der Waals surface area contributed by atoms with Crippen LogP contribution in [0.5, 0.6) is 0 Å². The van der Waals surface area contributed by atoms with Gasteiger partial charge in [-0.25, -0.2) is 4.39 Å². The Labute approximate surface area is 108 Å². The summed E-state index contributed by atoms with van der Waals surface area (Å²) in [5, 5.41) is 15.6. The summed E-state index contributed by atoms with van der Waals surface area (Å²) in [5.41, 5.74) is 0.0164. The van der Waals surface area contributed by atoms with Gasteiger partial charge in [0.05, 0.1) is 5.41 Å². The van der Waals surface area contributed by atoms with Crippen molar-refractivity contribution in [3.63, 3.8) is 0 Å². The SMILES string of the molecule is O=C(Nc1nn[nH]n1)C1(c2cccc(F)c2)CCC1. The Hall–Kier alpha value is -2.31. The van der Waals surface area contributed by atoms with Gasteiger partial charge in [0.1, 0.15) is 5.82 Å². The zero-order valence-corrected chi connectivity index (χ0v) is 10.1. The standard InChI is InChI=1S/C12H12FN5O/c13-9-4-1-3-8(7-9)12(5-2-6-12)10(19)14-11-15-17-18-16-11/h1,3-4,7H,2,5-6H2,(H2,14,15,16,17,18,19). The fourth-order valence-electron chi connectivity index (χ4n) is 2.40. The summed E-state index contributed by atoms with van der Waals surface area (Å²) in [5.74, 6) is -0.422. The third kappa shape index (κ3) is 1.96. The molecule has 98 valence electrons. The van der Waals surface area contributed by atoms with Crippen molar-refractivity contribution < 1.29 is 9.18 Å². The maximum Gasteiger partial charge on any atom is 0.269 e. The first kappa shape index (κ1) is 11.8. The Morgan fingerprint density at radius 3 is 2.84 bits per heavy atom. The molecule has 2 N–H and O–H groups in total. The number of H-pyrrole nitrogens is 1. The van der Waals surface area contributed by atoms with E-state index in [1.807, 2.05) is 0 Å². The highest BCUT2D eigenvalue weighted by atomic mass is 19.1. The number of aromatic nitrogens is 4. The number of nitrogens with one attached hydrogen (secondary N) is 2. The highest BCUT2D eigenvalue weighted by Gasteiger charge is 2.46. The van der Waals surface area contributed by atoms with Gasteiger partial charge in [-0.1, -0.05) is 23.7 Å². The molecule has 0 aliphatic heterocycles. The van der Waals surface area contributed by atoms with E-state index >= 15 is 0 Å². The molecule has 1 amide bonds. The van der Waals surface area contributed by atoms with Crippen LogP contribution in [0.15, 0.2) is 24.3 Å². The molecule has 0 bridgehead atoms. The zero-order valence-electron chi connectivity index (χ0n) is 10.1. The fourth-order valence-corrected chi connectivity index (χ4v) is 2.40. The van der Waals surface area contributed by atoms with Crippen molar-refractivity contribution in [3.05, 3.63) is 35.6 Å². The van der Waals surface area contributed by atoms with Gasteiger partial charge in [-0.2, -0.15) is 5.21 Å². The lowest BCUT2D eigenvalue weighted by atomic mass is 9.64. The van der Waals surface area contributed by atoms with E-state index in [0.717, 1.165) is 6.42 Å². The Bertz CT molecular complexity index is 594. The molecule has 0 atom stereocenters. The maximum atomic E-state index is 13.3. The van der Waals surface area contributed by atoms with Crippen LogP contribution in [0.1, 0.15) is 24.8 Å². The van der Waals surface area contributed by atoms with Gasteiger partial charge in [-0.05, 0) is 35.8 Å². The second-order valence-electron chi connectivity index (χ2n) is 4.64. The minimum absolute atomic E-state index is 0.132. The van der Waals surface area contributed by atoms with Gasteiger partial charge >= 0.3 is 0 Å². The summed E-state index contributed by atoms with van der Waals surface area (Å²) < 4.78 is 13.3. The first-order valence-electron chi connectivity index (χ1n) is 6.02. The number of carbonyl (C=O) groups is 1. The van der Waals surface area contributed by atoms with E-state index < -0.39 is 5.41 Å². The van der Waals surface area contributed by atoms with Crippen LogP contribution in [0, 0.1) is 5.82 Å². The quantitative estimate of drug-likeness (QED) is 0.874. The van der Waals surface area contributed by atoms with E-state index in [-0.39, 0.29) is 17.7 Å². The topological polar surface area (TPSA) is 83.6 Å². The molecule has 1 aromatic carbocycles. The van der Waals surface area contributed by atoms with Crippen LogP contribution in [0.2, 0.25) is 0 Å². The molecule has 0 saturated heterocycles. The number of rotatable bonds is 3. The number of halogens is 1. The van der Waals surface area contributed by atoms with Crippen molar-refractivity contribution in [1.82, 2.24) is 20.6 Å². The van der Waals surface area contributed by atoms with Gasteiger partial charge in [0, 0.05) is 0 Å². The highest BCUT2D eigenvalue weighted by molar-refractivity contribution is 5.98. The van der Waals surface area contributed by atoms with E-state index in [2.05, 4.69) is 25.9 Å². The number of benzene rings is 1. The summed E-state index contributed by atoms with van der Waals surface area (Å²) in [6.45, 7) is 0. The molecule has 19 heavy (non-hydrogen) atoms. The lowest BCUT2D eigenvalue weighted by Crippen LogP contribution is -2.46. The van der Waals surface area contributed by atoms with Gasteiger partial charge in [0.2, 0.25) is 5.91 Å². The molecule has 1 aliphatic carbocycles. The van der Waals surface area contributed by atoms with Crippen molar-refractivity contribution in [2.45, 2.75) is 24.7 Å². The molecule has 1 aromatic heterocycles. The first-order valence-corrected chi connectivity index (χ1v) is 6.02. The van der Waals surface area contributed by atoms with Crippen molar-refractivity contribution in [3.8, 4) is 0 Å².